The minimum atomic E-state index is -3.77. The molecule has 0 amide bonds. The Hall–Kier alpha value is -1.31. The molecule has 1 aliphatic rings. The molecule has 1 aromatic rings. The van der Waals surface area contributed by atoms with Crippen molar-refractivity contribution in [1.82, 2.24) is 0 Å². The fraction of sp³-hybridized carbons (Fsp3) is 0.500. The van der Waals surface area contributed by atoms with Gasteiger partial charge in [-0.3, -0.25) is 0 Å². The van der Waals surface area contributed by atoms with Gasteiger partial charge in [0.05, 0.1) is 17.6 Å². The van der Waals surface area contributed by atoms with Crippen LogP contribution in [0, 0.1) is 6.92 Å². The van der Waals surface area contributed by atoms with E-state index in [9.17, 15) is 8.42 Å². The third kappa shape index (κ3) is 2.99. The normalized spacial score (nSPS) is 20.6. The Labute approximate surface area is 113 Å². The van der Waals surface area contributed by atoms with Gasteiger partial charge in [-0.2, -0.15) is 0 Å². The van der Waals surface area contributed by atoms with Crippen molar-refractivity contribution in [3.05, 3.63) is 17.7 Å². The lowest BCUT2D eigenvalue weighted by atomic mass is 10.1. The van der Waals surface area contributed by atoms with Crippen LogP contribution in [0.1, 0.15) is 12.5 Å². The molecule has 7 heteroatoms. The molecule has 6 nitrogen and oxygen atoms in total. The van der Waals surface area contributed by atoms with Crippen molar-refractivity contribution in [3.8, 4) is 0 Å². The largest absolute Gasteiger partial charge is 0.399 e. The maximum absolute atomic E-state index is 11.6. The SMILES string of the molecule is Cc1c(N2CCOC(C)C2)cc(N)cc1S(N)(=O)=O. The second kappa shape index (κ2) is 4.99. The van der Waals surface area contributed by atoms with E-state index in [0.29, 0.717) is 30.9 Å². The summed E-state index contributed by atoms with van der Waals surface area (Å²) >= 11 is 0. The van der Waals surface area contributed by atoms with Gasteiger partial charge in [0.15, 0.2) is 0 Å². The number of benzene rings is 1. The monoisotopic (exact) mass is 285 g/mol. The second-order valence-electron chi connectivity index (χ2n) is 4.84. The summed E-state index contributed by atoms with van der Waals surface area (Å²) in [6.45, 7) is 5.75. The summed E-state index contributed by atoms with van der Waals surface area (Å²) in [6, 6.07) is 3.18. The topological polar surface area (TPSA) is 98.7 Å². The number of anilines is 2. The lowest BCUT2D eigenvalue weighted by Crippen LogP contribution is -2.41. The minimum absolute atomic E-state index is 0.0849. The van der Waals surface area contributed by atoms with E-state index >= 15 is 0 Å². The van der Waals surface area contributed by atoms with Crippen molar-refractivity contribution in [3.63, 3.8) is 0 Å². The molecule has 1 aliphatic heterocycles. The first kappa shape index (κ1) is 14.1. The van der Waals surface area contributed by atoms with Crippen LogP contribution in [0.4, 0.5) is 11.4 Å². The highest BCUT2D eigenvalue weighted by Crippen LogP contribution is 2.30. The molecule has 1 heterocycles. The molecule has 0 aliphatic carbocycles. The Morgan fingerprint density at radius 3 is 2.68 bits per heavy atom. The van der Waals surface area contributed by atoms with E-state index < -0.39 is 10.0 Å². The quantitative estimate of drug-likeness (QED) is 0.769. The molecule has 0 saturated carbocycles. The first-order valence-corrected chi connectivity index (χ1v) is 7.63. The molecule has 0 aromatic heterocycles. The number of nitrogens with two attached hydrogens (primary N) is 2. The summed E-state index contributed by atoms with van der Waals surface area (Å²) in [6.07, 6.45) is 0.104. The average molecular weight is 285 g/mol. The van der Waals surface area contributed by atoms with Crippen LogP contribution in [-0.2, 0) is 14.8 Å². The van der Waals surface area contributed by atoms with Crippen LogP contribution < -0.4 is 15.8 Å². The molecule has 1 saturated heterocycles. The Bertz CT molecular complexity index is 586. The summed E-state index contributed by atoms with van der Waals surface area (Å²) in [7, 11) is -3.77. The van der Waals surface area contributed by atoms with E-state index in [1.807, 2.05) is 6.92 Å². The second-order valence-corrected chi connectivity index (χ2v) is 6.37. The molecular formula is C12H19N3O3S. The van der Waals surface area contributed by atoms with Crippen molar-refractivity contribution >= 4 is 21.4 Å². The van der Waals surface area contributed by atoms with Crippen molar-refractivity contribution in [2.45, 2.75) is 24.8 Å². The molecule has 0 bridgehead atoms. The van der Waals surface area contributed by atoms with E-state index in [0.717, 1.165) is 5.69 Å². The molecule has 2 rings (SSSR count). The zero-order valence-electron chi connectivity index (χ0n) is 11.1. The van der Waals surface area contributed by atoms with Gasteiger partial charge in [-0.05, 0) is 31.5 Å². The van der Waals surface area contributed by atoms with Crippen LogP contribution in [0.25, 0.3) is 0 Å². The van der Waals surface area contributed by atoms with Gasteiger partial charge in [-0.1, -0.05) is 0 Å². The minimum Gasteiger partial charge on any atom is -0.399 e. The highest BCUT2D eigenvalue weighted by Gasteiger charge is 2.22. The molecule has 1 aromatic carbocycles. The van der Waals surface area contributed by atoms with E-state index in [1.54, 1.807) is 13.0 Å². The van der Waals surface area contributed by atoms with Crippen LogP contribution in [0.15, 0.2) is 17.0 Å². The highest BCUT2D eigenvalue weighted by atomic mass is 32.2. The maximum atomic E-state index is 11.6. The third-order valence-corrected chi connectivity index (χ3v) is 4.28. The van der Waals surface area contributed by atoms with Gasteiger partial charge in [0.25, 0.3) is 0 Å². The van der Waals surface area contributed by atoms with Gasteiger partial charge in [-0.15, -0.1) is 0 Å². The number of ether oxygens (including phenoxy) is 1. The van der Waals surface area contributed by atoms with Crippen molar-refractivity contribution < 1.29 is 13.2 Å². The van der Waals surface area contributed by atoms with Gasteiger partial charge in [0.2, 0.25) is 10.0 Å². The summed E-state index contributed by atoms with van der Waals surface area (Å²) in [4.78, 5) is 2.16. The van der Waals surface area contributed by atoms with Crippen molar-refractivity contribution in [1.29, 1.82) is 0 Å². The Kier molecular flexibility index (Phi) is 3.71. The van der Waals surface area contributed by atoms with Crippen molar-refractivity contribution in [2.24, 2.45) is 5.14 Å². The molecule has 19 heavy (non-hydrogen) atoms. The molecule has 106 valence electrons. The third-order valence-electron chi connectivity index (χ3n) is 3.24. The number of hydrogen-bond donors (Lipinski definition) is 2. The van der Waals surface area contributed by atoms with Crippen LogP contribution in [-0.4, -0.2) is 34.2 Å². The van der Waals surface area contributed by atoms with Gasteiger partial charge in [0.1, 0.15) is 0 Å². The summed E-state index contributed by atoms with van der Waals surface area (Å²) < 4.78 is 28.6. The van der Waals surface area contributed by atoms with Crippen molar-refractivity contribution in [2.75, 3.05) is 30.3 Å². The summed E-state index contributed by atoms with van der Waals surface area (Å²) in [5.41, 5.74) is 7.62. The lowest BCUT2D eigenvalue weighted by molar-refractivity contribution is 0.0532. The van der Waals surface area contributed by atoms with Gasteiger partial charge < -0.3 is 15.4 Å². The lowest BCUT2D eigenvalue weighted by Gasteiger charge is -2.34. The smallest absolute Gasteiger partial charge is 0.238 e. The summed E-state index contributed by atoms with van der Waals surface area (Å²) in [5, 5.41) is 5.23. The predicted octanol–water partition coefficient (Wildman–Crippen LogP) is 0.450. The first-order chi connectivity index (χ1) is 8.79. The molecule has 1 unspecified atom stereocenters. The predicted molar refractivity (Wildman–Crippen MR) is 74.6 cm³/mol. The Morgan fingerprint density at radius 2 is 2.11 bits per heavy atom. The number of primary sulfonamides is 1. The van der Waals surface area contributed by atoms with Crippen LogP contribution in [0.5, 0.6) is 0 Å². The maximum Gasteiger partial charge on any atom is 0.238 e. The highest BCUT2D eigenvalue weighted by molar-refractivity contribution is 7.89. The standard InChI is InChI=1S/C12H19N3O3S/c1-8-7-15(3-4-18-8)11-5-10(13)6-12(9(11)2)19(14,16)17/h5-6,8H,3-4,7,13H2,1-2H3,(H2,14,16,17). The molecule has 0 spiro atoms. The van der Waals surface area contributed by atoms with Crippen LogP contribution >= 0.6 is 0 Å². The molecule has 1 fully saturated rings. The van der Waals surface area contributed by atoms with Crippen LogP contribution in [0.2, 0.25) is 0 Å². The number of rotatable bonds is 2. The Morgan fingerprint density at radius 1 is 1.42 bits per heavy atom. The number of hydrogen-bond acceptors (Lipinski definition) is 5. The zero-order chi connectivity index (χ0) is 14.2. The zero-order valence-corrected chi connectivity index (χ0v) is 11.9. The van der Waals surface area contributed by atoms with E-state index in [2.05, 4.69) is 4.90 Å². The number of morpholine rings is 1. The number of nitrogens with zero attached hydrogens (tertiary/aromatic N) is 1. The summed E-state index contributed by atoms with van der Waals surface area (Å²) in [5.74, 6) is 0. The van der Waals surface area contributed by atoms with Gasteiger partial charge in [-0.25, -0.2) is 13.6 Å². The average Bonchev–Trinajstić information content (AvgIpc) is 2.30. The number of sulfonamides is 1. The van der Waals surface area contributed by atoms with Crippen LogP contribution in [0.3, 0.4) is 0 Å². The fourth-order valence-electron chi connectivity index (χ4n) is 2.35. The van der Waals surface area contributed by atoms with E-state index in [4.69, 9.17) is 15.6 Å². The Balaban J connectivity index is 2.49. The van der Waals surface area contributed by atoms with E-state index in [1.165, 1.54) is 6.07 Å². The first-order valence-electron chi connectivity index (χ1n) is 6.08. The van der Waals surface area contributed by atoms with Gasteiger partial charge >= 0.3 is 0 Å². The molecular weight excluding hydrogens is 266 g/mol. The molecule has 0 radical (unpaired) electrons. The fourth-order valence-corrected chi connectivity index (χ4v) is 3.19. The molecule has 1 atom stereocenters. The van der Waals surface area contributed by atoms with Gasteiger partial charge in [0, 0.05) is 24.5 Å². The van der Waals surface area contributed by atoms with E-state index in [-0.39, 0.29) is 11.0 Å². The molecule has 4 N–H and O–H groups in total. The number of nitrogen functional groups attached to an aromatic ring is 1.